The fraction of sp³-hybridized carbons (Fsp3) is 0.571. The molecule has 7 nitrogen and oxygen atoms in total. The van der Waals surface area contributed by atoms with Gasteiger partial charge < -0.3 is 15.2 Å². The van der Waals surface area contributed by atoms with Gasteiger partial charge in [-0.15, -0.1) is 34.2 Å². The van der Waals surface area contributed by atoms with Crippen LogP contribution < -0.4 is 10.6 Å². The number of aromatic nitrogens is 3. The number of rotatable bonds is 6. The fourth-order valence-corrected chi connectivity index (χ4v) is 4.07. The number of piperidine rings is 1. The maximum Gasteiger partial charge on any atom is 0.191 e. The van der Waals surface area contributed by atoms with Crippen molar-refractivity contribution >= 4 is 29.9 Å². The van der Waals surface area contributed by atoms with Crippen LogP contribution in [0.3, 0.4) is 0 Å². The standard InChI is InChI=1S/C21H31N7.HI/c1-2-22-21(23-15-20-26-25-19-9-6-12-28(19)20)24-18-10-13-27(14-11-18)16-17-7-4-3-5-8-17;/h3-5,7-8,18H,2,6,9-16H2,1H3,(H2,22,23,24);1H. The Bertz CT molecular complexity index is 782. The third kappa shape index (κ3) is 5.91. The number of benzene rings is 1. The minimum absolute atomic E-state index is 0. The highest BCUT2D eigenvalue weighted by Gasteiger charge is 2.21. The number of nitrogens with zero attached hydrogens (tertiary/aromatic N) is 5. The Morgan fingerprint density at radius 1 is 1.14 bits per heavy atom. The lowest BCUT2D eigenvalue weighted by atomic mass is 10.0. The Hall–Kier alpha value is -1.68. The van der Waals surface area contributed by atoms with Crippen LogP contribution in [0.15, 0.2) is 35.3 Å². The summed E-state index contributed by atoms with van der Waals surface area (Å²) in [6.07, 6.45) is 4.48. The van der Waals surface area contributed by atoms with E-state index in [1.165, 1.54) is 12.0 Å². The van der Waals surface area contributed by atoms with Crippen LogP contribution in [0.1, 0.15) is 43.4 Å². The molecule has 1 saturated heterocycles. The molecule has 8 heteroatoms. The molecule has 0 spiro atoms. The van der Waals surface area contributed by atoms with Crippen LogP contribution in [0.4, 0.5) is 0 Å². The largest absolute Gasteiger partial charge is 0.357 e. The minimum atomic E-state index is 0. The third-order valence-electron chi connectivity index (χ3n) is 5.59. The number of fused-ring (bicyclic) bond motifs is 1. The van der Waals surface area contributed by atoms with Crippen molar-refractivity contribution in [3.63, 3.8) is 0 Å². The average Bonchev–Trinajstić information content (AvgIpc) is 3.33. The van der Waals surface area contributed by atoms with Gasteiger partial charge in [-0.3, -0.25) is 4.90 Å². The van der Waals surface area contributed by atoms with Gasteiger partial charge in [-0.05, 0) is 31.7 Å². The van der Waals surface area contributed by atoms with Crippen molar-refractivity contribution in [1.82, 2.24) is 30.3 Å². The number of hydrogen-bond donors (Lipinski definition) is 2. The SMILES string of the molecule is CCNC(=NCc1nnc2n1CCC2)NC1CCN(Cc2ccccc2)CC1.I. The predicted molar refractivity (Wildman–Crippen MR) is 126 cm³/mol. The second-order valence-corrected chi connectivity index (χ2v) is 7.66. The summed E-state index contributed by atoms with van der Waals surface area (Å²) in [6, 6.07) is 11.2. The summed E-state index contributed by atoms with van der Waals surface area (Å²) in [4.78, 5) is 7.31. The van der Waals surface area contributed by atoms with Crippen LogP contribution in [0.25, 0.3) is 0 Å². The van der Waals surface area contributed by atoms with E-state index in [1.807, 2.05) is 0 Å². The molecule has 0 aliphatic carbocycles. The van der Waals surface area contributed by atoms with Crippen molar-refractivity contribution in [1.29, 1.82) is 0 Å². The van der Waals surface area contributed by atoms with Gasteiger partial charge in [0.2, 0.25) is 0 Å². The van der Waals surface area contributed by atoms with E-state index in [9.17, 15) is 0 Å². The van der Waals surface area contributed by atoms with E-state index < -0.39 is 0 Å². The third-order valence-corrected chi connectivity index (χ3v) is 5.59. The van der Waals surface area contributed by atoms with Gasteiger partial charge in [0, 0.05) is 45.2 Å². The minimum Gasteiger partial charge on any atom is -0.357 e. The van der Waals surface area contributed by atoms with Crippen molar-refractivity contribution in [2.75, 3.05) is 19.6 Å². The highest BCUT2D eigenvalue weighted by molar-refractivity contribution is 14.0. The maximum absolute atomic E-state index is 4.77. The summed E-state index contributed by atoms with van der Waals surface area (Å²) in [6.45, 7) is 7.84. The lowest BCUT2D eigenvalue weighted by Crippen LogP contribution is -2.48. The van der Waals surface area contributed by atoms with E-state index >= 15 is 0 Å². The van der Waals surface area contributed by atoms with E-state index in [2.05, 4.69) is 67.6 Å². The summed E-state index contributed by atoms with van der Waals surface area (Å²) < 4.78 is 2.22. The first-order chi connectivity index (χ1) is 13.8. The van der Waals surface area contributed by atoms with Gasteiger partial charge >= 0.3 is 0 Å². The number of likely N-dealkylation sites (tertiary alicyclic amines) is 1. The van der Waals surface area contributed by atoms with Crippen molar-refractivity contribution in [3.05, 3.63) is 47.5 Å². The number of aliphatic imine (C=N–C) groups is 1. The Morgan fingerprint density at radius 2 is 1.93 bits per heavy atom. The number of guanidine groups is 1. The van der Waals surface area contributed by atoms with Gasteiger partial charge in [0.1, 0.15) is 12.4 Å². The first kappa shape index (κ1) is 22.0. The van der Waals surface area contributed by atoms with Crippen LogP contribution in [0.5, 0.6) is 0 Å². The molecule has 2 aromatic rings. The van der Waals surface area contributed by atoms with Crippen LogP contribution in [-0.2, 0) is 26.1 Å². The molecule has 0 bridgehead atoms. The van der Waals surface area contributed by atoms with Crippen LogP contribution in [0, 0.1) is 0 Å². The lowest BCUT2D eigenvalue weighted by Gasteiger charge is -2.33. The zero-order valence-electron chi connectivity index (χ0n) is 17.2. The maximum atomic E-state index is 4.77. The molecule has 0 radical (unpaired) electrons. The first-order valence-electron chi connectivity index (χ1n) is 10.5. The van der Waals surface area contributed by atoms with Crippen molar-refractivity contribution in [3.8, 4) is 0 Å². The van der Waals surface area contributed by atoms with E-state index in [-0.39, 0.29) is 24.0 Å². The van der Waals surface area contributed by atoms with Crippen molar-refractivity contribution in [2.24, 2.45) is 4.99 Å². The number of nitrogens with one attached hydrogen (secondary N) is 2. The van der Waals surface area contributed by atoms with Gasteiger partial charge in [0.25, 0.3) is 0 Å². The van der Waals surface area contributed by atoms with Crippen LogP contribution in [0.2, 0.25) is 0 Å². The molecule has 158 valence electrons. The van der Waals surface area contributed by atoms with Crippen molar-refractivity contribution < 1.29 is 0 Å². The Balaban J connectivity index is 0.00000240. The molecule has 1 aromatic carbocycles. The molecule has 2 aliphatic heterocycles. The molecular formula is C21H32IN7. The lowest BCUT2D eigenvalue weighted by molar-refractivity contribution is 0.198. The summed E-state index contributed by atoms with van der Waals surface area (Å²) >= 11 is 0. The zero-order valence-corrected chi connectivity index (χ0v) is 19.5. The highest BCUT2D eigenvalue weighted by Crippen LogP contribution is 2.15. The average molecular weight is 509 g/mol. The molecule has 0 unspecified atom stereocenters. The van der Waals surface area contributed by atoms with Gasteiger partial charge in [-0.2, -0.15) is 0 Å². The molecule has 2 aliphatic rings. The Kier molecular flexibility index (Phi) is 8.29. The Labute approximate surface area is 190 Å². The molecule has 2 N–H and O–H groups in total. The summed E-state index contributed by atoms with van der Waals surface area (Å²) in [5.41, 5.74) is 1.39. The fourth-order valence-electron chi connectivity index (χ4n) is 4.07. The second-order valence-electron chi connectivity index (χ2n) is 7.66. The van der Waals surface area contributed by atoms with Gasteiger partial charge in [0.15, 0.2) is 11.8 Å². The van der Waals surface area contributed by atoms with E-state index in [4.69, 9.17) is 4.99 Å². The topological polar surface area (TPSA) is 70.4 Å². The zero-order chi connectivity index (χ0) is 19.2. The molecule has 0 amide bonds. The van der Waals surface area contributed by atoms with Crippen LogP contribution in [-0.4, -0.2) is 51.3 Å². The number of halogens is 1. The van der Waals surface area contributed by atoms with E-state index in [0.717, 1.165) is 69.6 Å². The molecular weight excluding hydrogens is 477 g/mol. The summed E-state index contributed by atoms with van der Waals surface area (Å²) in [5.74, 6) is 2.97. The van der Waals surface area contributed by atoms with E-state index in [0.29, 0.717) is 12.6 Å². The second kappa shape index (κ2) is 10.9. The van der Waals surface area contributed by atoms with Crippen molar-refractivity contribution in [2.45, 2.75) is 58.3 Å². The first-order valence-corrected chi connectivity index (χ1v) is 10.5. The molecule has 0 saturated carbocycles. The highest BCUT2D eigenvalue weighted by atomic mass is 127. The van der Waals surface area contributed by atoms with Crippen LogP contribution >= 0.6 is 24.0 Å². The molecule has 1 fully saturated rings. The van der Waals surface area contributed by atoms with E-state index in [1.54, 1.807) is 0 Å². The van der Waals surface area contributed by atoms with Gasteiger partial charge in [-0.25, -0.2) is 4.99 Å². The summed E-state index contributed by atoms with van der Waals surface area (Å²) in [7, 11) is 0. The number of aryl methyl sites for hydroxylation is 1. The Morgan fingerprint density at radius 3 is 2.69 bits per heavy atom. The monoisotopic (exact) mass is 509 g/mol. The molecule has 1 aromatic heterocycles. The molecule has 29 heavy (non-hydrogen) atoms. The van der Waals surface area contributed by atoms with Gasteiger partial charge in [0.05, 0.1) is 0 Å². The smallest absolute Gasteiger partial charge is 0.191 e. The predicted octanol–water partition coefficient (Wildman–Crippen LogP) is 2.56. The van der Waals surface area contributed by atoms with Gasteiger partial charge in [-0.1, -0.05) is 30.3 Å². The summed E-state index contributed by atoms with van der Waals surface area (Å²) in [5, 5.41) is 15.6. The quantitative estimate of drug-likeness (QED) is 0.356. The normalized spacial score (nSPS) is 17.6. The molecule has 0 atom stereocenters. The molecule has 4 rings (SSSR count). The molecule has 3 heterocycles. The number of hydrogen-bond acceptors (Lipinski definition) is 4.